The van der Waals surface area contributed by atoms with Gasteiger partial charge in [-0.2, -0.15) is 0 Å². The Hall–Kier alpha value is -0.0400. The van der Waals surface area contributed by atoms with Crippen LogP contribution in [0.3, 0.4) is 0 Å². The Labute approximate surface area is 69.8 Å². The third kappa shape index (κ3) is 1.44. The minimum atomic E-state index is 0.770. The van der Waals surface area contributed by atoms with Crippen LogP contribution in [0.15, 0.2) is 0 Å². The Morgan fingerprint density at radius 1 is 1.00 bits per heavy atom. The van der Waals surface area contributed by atoms with E-state index >= 15 is 0 Å². The maximum atomic E-state index is 2.61. The fraction of sp³-hybridized carbons (Fsp3) is 1.00. The molecule has 11 heavy (non-hydrogen) atoms. The molecule has 64 valence electrons. The van der Waals surface area contributed by atoms with Crippen molar-refractivity contribution < 1.29 is 0 Å². The van der Waals surface area contributed by atoms with Crippen molar-refractivity contribution >= 4 is 0 Å². The van der Waals surface area contributed by atoms with Crippen LogP contribution < -0.4 is 0 Å². The van der Waals surface area contributed by atoms with Crippen molar-refractivity contribution in [1.29, 1.82) is 0 Å². The topological polar surface area (TPSA) is 3.24 Å². The van der Waals surface area contributed by atoms with Crippen molar-refractivity contribution in [3.8, 4) is 0 Å². The number of hydrogen-bond donors (Lipinski definition) is 0. The smallest absolute Gasteiger partial charge is 0.00385 e. The summed E-state index contributed by atoms with van der Waals surface area (Å²) >= 11 is 0. The Balaban J connectivity index is 1.84. The van der Waals surface area contributed by atoms with Crippen LogP contribution >= 0.6 is 0 Å². The maximum absolute atomic E-state index is 2.61. The molecule has 1 spiro atoms. The summed E-state index contributed by atoms with van der Waals surface area (Å²) in [5, 5.41) is 0. The zero-order valence-corrected chi connectivity index (χ0v) is 7.77. The van der Waals surface area contributed by atoms with Gasteiger partial charge < -0.3 is 4.90 Å². The molecule has 1 aliphatic heterocycles. The number of hydrogen-bond acceptors (Lipinski definition) is 1. The SMILES string of the molecule is CC(C)N1CCC2(CC1)CC2. The molecule has 0 radical (unpaired) electrons. The lowest BCUT2D eigenvalue weighted by Gasteiger charge is -2.34. The van der Waals surface area contributed by atoms with E-state index in [-0.39, 0.29) is 0 Å². The highest BCUT2D eigenvalue weighted by Crippen LogP contribution is 2.53. The Kier molecular flexibility index (Phi) is 1.71. The molecule has 0 aromatic rings. The predicted octanol–water partition coefficient (Wildman–Crippen LogP) is 2.27. The highest BCUT2D eigenvalue weighted by molar-refractivity contribution is 4.97. The van der Waals surface area contributed by atoms with Crippen molar-refractivity contribution in [2.75, 3.05) is 13.1 Å². The first-order valence-electron chi connectivity index (χ1n) is 4.96. The van der Waals surface area contributed by atoms with E-state index in [1.807, 2.05) is 0 Å². The first-order chi connectivity index (χ1) is 5.22. The molecule has 0 unspecified atom stereocenters. The molecule has 0 atom stereocenters. The van der Waals surface area contributed by atoms with Gasteiger partial charge in [0.25, 0.3) is 0 Å². The van der Waals surface area contributed by atoms with Gasteiger partial charge in [0, 0.05) is 6.04 Å². The van der Waals surface area contributed by atoms with E-state index in [2.05, 4.69) is 18.7 Å². The van der Waals surface area contributed by atoms with E-state index in [1.54, 1.807) is 0 Å². The Morgan fingerprint density at radius 3 is 1.91 bits per heavy atom. The minimum absolute atomic E-state index is 0.770. The summed E-state index contributed by atoms with van der Waals surface area (Å²) in [5.74, 6) is 0. The van der Waals surface area contributed by atoms with Gasteiger partial charge in [-0.3, -0.25) is 0 Å². The lowest BCUT2D eigenvalue weighted by molar-refractivity contribution is 0.140. The molecule has 1 saturated heterocycles. The first kappa shape index (κ1) is 7.60. The quantitative estimate of drug-likeness (QED) is 0.558. The van der Waals surface area contributed by atoms with E-state index in [1.165, 1.54) is 38.8 Å². The summed E-state index contributed by atoms with van der Waals surface area (Å²) in [6.07, 6.45) is 6.01. The molecule has 1 aliphatic carbocycles. The van der Waals surface area contributed by atoms with Crippen molar-refractivity contribution in [2.24, 2.45) is 5.41 Å². The lowest BCUT2D eigenvalue weighted by Crippen LogP contribution is -2.38. The van der Waals surface area contributed by atoms with Gasteiger partial charge in [-0.05, 0) is 58.0 Å². The zero-order valence-electron chi connectivity index (χ0n) is 7.77. The highest BCUT2D eigenvalue weighted by atomic mass is 15.2. The first-order valence-corrected chi connectivity index (χ1v) is 4.96. The molecule has 0 bridgehead atoms. The van der Waals surface area contributed by atoms with E-state index < -0.39 is 0 Å². The molecule has 1 saturated carbocycles. The van der Waals surface area contributed by atoms with Gasteiger partial charge >= 0.3 is 0 Å². The van der Waals surface area contributed by atoms with Crippen LogP contribution in [0.2, 0.25) is 0 Å². The molecule has 0 aromatic heterocycles. The maximum Gasteiger partial charge on any atom is 0.00385 e. The van der Waals surface area contributed by atoms with E-state index in [4.69, 9.17) is 0 Å². The molecular weight excluding hydrogens is 134 g/mol. The Bertz CT molecular complexity index is 137. The second kappa shape index (κ2) is 2.48. The van der Waals surface area contributed by atoms with Crippen LogP contribution in [0, 0.1) is 5.41 Å². The molecule has 0 amide bonds. The van der Waals surface area contributed by atoms with Crippen molar-refractivity contribution in [3.05, 3.63) is 0 Å². The van der Waals surface area contributed by atoms with Gasteiger partial charge in [0.1, 0.15) is 0 Å². The molecule has 2 aliphatic rings. The van der Waals surface area contributed by atoms with Gasteiger partial charge in [-0.25, -0.2) is 0 Å². The van der Waals surface area contributed by atoms with Crippen LogP contribution in [0.25, 0.3) is 0 Å². The van der Waals surface area contributed by atoms with Crippen molar-refractivity contribution in [3.63, 3.8) is 0 Å². The summed E-state index contributed by atoms with van der Waals surface area (Å²) in [5.41, 5.74) is 0.853. The summed E-state index contributed by atoms with van der Waals surface area (Å²) in [4.78, 5) is 2.61. The number of likely N-dealkylation sites (tertiary alicyclic amines) is 1. The van der Waals surface area contributed by atoms with Gasteiger partial charge in [0.2, 0.25) is 0 Å². The second-order valence-electron chi connectivity index (χ2n) is 4.63. The second-order valence-corrected chi connectivity index (χ2v) is 4.63. The Morgan fingerprint density at radius 2 is 1.55 bits per heavy atom. The molecule has 1 heteroatoms. The van der Waals surface area contributed by atoms with Crippen molar-refractivity contribution in [1.82, 2.24) is 4.90 Å². The number of piperidine rings is 1. The van der Waals surface area contributed by atoms with E-state index in [0.29, 0.717) is 0 Å². The van der Waals surface area contributed by atoms with E-state index in [0.717, 1.165) is 11.5 Å². The lowest BCUT2D eigenvalue weighted by atomic mass is 9.93. The highest BCUT2D eigenvalue weighted by Gasteiger charge is 2.44. The van der Waals surface area contributed by atoms with Gasteiger partial charge in [-0.15, -0.1) is 0 Å². The van der Waals surface area contributed by atoms with Crippen LogP contribution in [0.4, 0.5) is 0 Å². The number of rotatable bonds is 1. The molecule has 0 aromatic carbocycles. The van der Waals surface area contributed by atoms with Crippen LogP contribution in [0.1, 0.15) is 39.5 Å². The minimum Gasteiger partial charge on any atom is -0.301 e. The number of nitrogens with zero attached hydrogens (tertiary/aromatic N) is 1. The third-order valence-corrected chi connectivity index (χ3v) is 3.55. The fourth-order valence-electron chi connectivity index (χ4n) is 2.19. The average Bonchev–Trinajstić information content (AvgIpc) is 2.70. The van der Waals surface area contributed by atoms with Gasteiger partial charge in [0.05, 0.1) is 0 Å². The normalized spacial score (nSPS) is 29.7. The van der Waals surface area contributed by atoms with Crippen LogP contribution in [-0.4, -0.2) is 24.0 Å². The average molecular weight is 153 g/mol. The molecule has 2 fully saturated rings. The summed E-state index contributed by atoms with van der Waals surface area (Å²) in [7, 11) is 0. The van der Waals surface area contributed by atoms with Gasteiger partial charge in [-0.1, -0.05) is 0 Å². The summed E-state index contributed by atoms with van der Waals surface area (Å²) in [6.45, 7) is 7.34. The molecule has 2 rings (SSSR count). The largest absolute Gasteiger partial charge is 0.301 e. The monoisotopic (exact) mass is 153 g/mol. The van der Waals surface area contributed by atoms with Crippen LogP contribution in [-0.2, 0) is 0 Å². The molecular formula is C10H19N. The summed E-state index contributed by atoms with van der Waals surface area (Å²) < 4.78 is 0. The summed E-state index contributed by atoms with van der Waals surface area (Å²) in [6, 6.07) is 0.770. The van der Waals surface area contributed by atoms with Crippen molar-refractivity contribution in [2.45, 2.75) is 45.6 Å². The predicted molar refractivity (Wildman–Crippen MR) is 47.6 cm³/mol. The van der Waals surface area contributed by atoms with Crippen LogP contribution in [0.5, 0.6) is 0 Å². The molecule has 1 heterocycles. The van der Waals surface area contributed by atoms with E-state index in [9.17, 15) is 0 Å². The van der Waals surface area contributed by atoms with Gasteiger partial charge in [0.15, 0.2) is 0 Å². The standard InChI is InChI=1S/C10H19N/c1-9(2)11-7-5-10(3-4-10)6-8-11/h9H,3-8H2,1-2H3. The fourth-order valence-corrected chi connectivity index (χ4v) is 2.19. The zero-order chi connectivity index (χ0) is 7.90. The molecule has 1 nitrogen and oxygen atoms in total. The third-order valence-electron chi connectivity index (χ3n) is 3.55. The molecule has 0 N–H and O–H groups in total.